The molecule has 0 fully saturated rings. The topological polar surface area (TPSA) is 58.6 Å². The zero-order valence-corrected chi connectivity index (χ0v) is 22.2. The highest BCUT2D eigenvalue weighted by Crippen LogP contribution is 2.22. The van der Waals surface area contributed by atoms with Gasteiger partial charge >= 0.3 is 0 Å². The summed E-state index contributed by atoms with van der Waals surface area (Å²) in [4.78, 5) is 29.9. The normalized spacial score (nSPS) is 11.5. The Hall–Kier alpha value is -3.25. The van der Waals surface area contributed by atoms with Crippen LogP contribution in [0.25, 0.3) is 0 Å². The van der Waals surface area contributed by atoms with Crippen LogP contribution in [-0.4, -0.2) is 42.2 Å². The van der Waals surface area contributed by atoms with E-state index in [2.05, 4.69) is 12.2 Å². The molecule has 0 saturated carbocycles. The van der Waals surface area contributed by atoms with Crippen LogP contribution < -0.4 is 10.1 Å². The number of carbonyl (C=O) groups excluding carboxylic acids is 2. The van der Waals surface area contributed by atoms with Crippen LogP contribution in [0.15, 0.2) is 83.8 Å². The fourth-order valence-electron chi connectivity index (χ4n) is 3.89. The SMILES string of the molecule is CCCCNC(=O)[C@@H](Cc1ccccc1)N(Cc1cccc(OC)c1)C(=O)CSc1ccc(C)cc1. The maximum absolute atomic E-state index is 13.7. The maximum atomic E-state index is 13.7. The average molecular weight is 505 g/mol. The first-order valence-electron chi connectivity index (χ1n) is 12.4. The Kier molecular flexibility index (Phi) is 10.9. The first-order valence-corrected chi connectivity index (χ1v) is 13.4. The molecule has 1 atom stereocenters. The zero-order chi connectivity index (χ0) is 25.8. The number of nitrogens with zero attached hydrogens (tertiary/aromatic N) is 1. The van der Waals surface area contributed by atoms with Gasteiger partial charge in [-0.25, -0.2) is 0 Å². The lowest BCUT2D eigenvalue weighted by Gasteiger charge is -2.31. The number of benzene rings is 3. The lowest BCUT2D eigenvalue weighted by atomic mass is 10.0. The molecule has 2 amide bonds. The molecule has 0 heterocycles. The van der Waals surface area contributed by atoms with E-state index in [1.807, 2.05) is 85.8 Å². The second-order valence-electron chi connectivity index (χ2n) is 8.82. The van der Waals surface area contributed by atoms with E-state index in [1.54, 1.807) is 12.0 Å². The number of thioether (sulfide) groups is 1. The van der Waals surface area contributed by atoms with Crippen molar-refractivity contribution in [2.75, 3.05) is 19.4 Å². The Morgan fingerprint density at radius 3 is 2.39 bits per heavy atom. The molecule has 0 aliphatic heterocycles. The predicted molar refractivity (Wildman–Crippen MR) is 147 cm³/mol. The highest BCUT2D eigenvalue weighted by Gasteiger charge is 2.30. The fraction of sp³-hybridized carbons (Fsp3) is 0.333. The number of methoxy groups -OCH3 is 1. The van der Waals surface area contributed by atoms with E-state index in [1.165, 1.54) is 17.3 Å². The van der Waals surface area contributed by atoms with E-state index in [-0.39, 0.29) is 17.6 Å². The third kappa shape index (κ3) is 8.45. The lowest BCUT2D eigenvalue weighted by Crippen LogP contribution is -2.51. The highest BCUT2D eigenvalue weighted by atomic mass is 32.2. The van der Waals surface area contributed by atoms with Crippen LogP contribution in [0.5, 0.6) is 5.75 Å². The van der Waals surface area contributed by atoms with Crippen LogP contribution in [0, 0.1) is 6.92 Å². The second-order valence-corrected chi connectivity index (χ2v) is 9.87. The van der Waals surface area contributed by atoms with E-state index in [4.69, 9.17) is 4.74 Å². The molecule has 3 aromatic carbocycles. The van der Waals surface area contributed by atoms with Crippen molar-refractivity contribution in [2.45, 2.75) is 50.6 Å². The van der Waals surface area contributed by atoms with Gasteiger partial charge in [0.2, 0.25) is 11.8 Å². The molecule has 6 heteroatoms. The first-order chi connectivity index (χ1) is 17.5. The summed E-state index contributed by atoms with van der Waals surface area (Å²) in [7, 11) is 1.62. The number of hydrogen-bond acceptors (Lipinski definition) is 4. The zero-order valence-electron chi connectivity index (χ0n) is 21.4. The van der Waals surface area contributed by atoms with Crippen LogP contribution >= 0.6 is 11.8 Å². The van der Waals surface area contributed by atoms with Crippen molar-refractivity contribution in [1.82, 2.24) is 10.2 Å². The Bertz CT molecular complexity index is 1100. The molecule has 0 spiro atoms. The van der Waals surface area contributed by atoms with Crippen LogP contribution in [0.3, 0.4) is 0 Å². The summed E-state index contributed by atoms with van der Waals surface area (Å²) < 4.78 is 5.39. The van der Waals surface area contributed by atoms with Crippen molar-refractivity contribution in [2.24, 2.45) is 0 Å². The first kappa shape index (κ1) is 27.3. The number of unbranched alkanes of at least 4 members (excludes halogenated alkanes) is 1. The largest absolute Gasteiger partial charge is 0.497 e. The molecule has 0 aliphatic rings. The smallest absolute Gasteiger partial charge is 0.243 e. The van der Waals surface area contributed by atoms with Crippen molar-refractivity contribution >= 4 is 23.6 Å². The molecular weight excluding hydrogens is 468 g/mol. The summed E-state index contributed by atoms with van der Waals surface area (Å²) in [6, 6.07) is 25.1. The maximum Gasteiger partial charge on any atom is 0.243 e. The summed E-state index contributed by atoms with van der Waals surface area (Å²) in [6.07, 6.45) is 2.34. The monoisotopic (exact) mass is 504 g/mol. The number of ether oxygens (including phenoxy) is 1. The quantitative estimate of drug-likeness (QED) is 0.241. The Labute approximate surface area is 219 Å². The lowest BCUT2D eigenvalue weighted by molar-refractivity contribution is -0.139. The predicted octanol–water partition coefficient (Wildman–Crippen LogP) is 5.65. The number of aryl methyl sites for hydroxylation is 1. The molecule has 3 rings (SSSR count). The van der Waals surface area contributed by atoms with Gasteiger partial charge in [-0.05, 0) is 48.7 Å². The summed E-state index contributed by atoms with van der Waals surface area (Å²) in [5.41, 5.74) is 3.11. The molecule has 0 aromatic heterocycles. The van der Waals surface area contributed by atoms with Gasteiger partial charge < -0.3 is 15.0 Å². The van der Waals surface area contributed by atoms with E-state index in [9.17, 15) is 9.59 Å². The molecule has 190 valence electrons. The Morgan fingerprint density at radius 2 is 1.69 bits per heavy atom. The van der Waals surface area contributed by atoms with Crippen LogP contribution in [0.2, 0.25) is 0 Å². The average Bonchev–Trinajstić information content (AvgIpc) is 2.91. The Morgan fingerprint density at radius 1 is 0.972 bits per heavy atom. The molecule has 1 N–H and O–H groups in total. The van der Waals surface area contributed by atoms with Gasteiger partial charge in [-0.3, -0.25) is 9.59 Å². The van der Waals surface area contributed by atoms with Crippen molar-refractivity contribution in [3.8, 4) is 5.75 Å². The van der Waals surface area contributed by atoms with E-state index < -0.39 is 6.04 Å². The molecule has 0 bridgehead atoms. The minimum atomic E-state index is -0.624. The molecule has 36 heavy (non-hydrogen) atoms. The van der Waals surface area contributed by atoms with Crippen LogP contribution in [0.4, 0.5) is 0 Å². The summed E-state index contributed by atoms with van der Waals surface area (Å²) in [5, 5.41) is 3.06. The minimum absolute atomic E-state index is 0.0741. The van der Waals surface area contributed by atoms with Crippen LogP contribution in [0.1, 0.15) is 36.5 Å². The van der Waals surface area contributed by atoms with Crippen molar-refractivity contribution in [1.29, 1.82) is 0 Å². The number of carbonyl (C=O) groups is 2. The highest BCUT2D eigenvalue weighted by molar-refractivity contribution is 8.00. The summed E-state index contributed by atoms with van der Waals surface area (Å²) in [5.74, 6) is 0.778. The molecule has 5 nitrogen and oxygen atoms in total. The van der Waals surface area contributed by atoms with Crippen molar-refractivity contribution in [3.63, 3.8) is 0 Å². The van der Waals surface area contributed by atoms with Gasteiger partial charge in [0.1, 0.15) is 11.8 Å². The van der Waals surface area contributed by atoms with Gasteiger partial charge in [0, 0.05) is 24.4 Å². The number of hydrogen-bond donors (Lipinski definition) is 1. The van der Waals surface area contributed by atoms with Gasteiger partial charge in [-0.2, -0.15) is 0 Å². The standard InChI is InChI=1S/C30H36N2O3S/c1-4-5-18-31-30(34)28(20-24-10-7-6-8-11-24)32(21-25-12-9-13-26(19-25)35-3)29(33)22-36-27-16-14-23(2)15-17-27/h6-17,19,28H,4-5,18,20-22H2,1-3H3,(H,31,34)/t28-/m1/s1. The number of nitrogens with one attached hydrogen (secondary N) is 1. The fourth-order valence-corrected chi connectivity index (χ4v) is 4.67. The van der Waals surface area contributed by atoms with Gasteiger partial charge in [0.05, 0.1) is 12.9 Å². The molecule has 0 saturated heterocycles. The van der Waals surface area contributed by atoms with Crippen LogP contribution in [-0.2, 0) is 22.6 Å². The minimum Gasteiger partial charge on any atom is -0.497 e. The third-order valence-electron chi connectivity index (χ3n) is 5.97. The molecule has 0 unspecified atom stereocenters. The summed E-state index contributed by atoms with van der Waals surface area (Å²) >= 11 is 1.49. The number of rotatable bonds is 13. The second kappa shape index (κ2) is 14.3. The van der Waals surface area contributed by atoms with Gasteiger partial charge in [-0.15, -0.1) is 11.8 Å². The van der Waals surface area contributed by atoms with Crippen molar-refractivity contribution < 1.29 is 14.3 Å². The van der Waals surface area contributed by atoms with Gasteiger partial charge in [-0.1, -0.05) is 73.5 Å². The van der Waals surface area contributed by atoms with Crippen molar-refractivity contribution in [3.05, 3.63) is 95.6 Å². The molecule has 0 radical (unpaired) electrons. The number of amides is 2. The van der Waals surface area contributed by atoms with E-state index >= 15 is 0 Å². The van der Waals surface area contributed by atoms with Gasteiger partial charge in [0.15, 0.2) is 0 Å². The molecule has 0 aliphatic carbocycles. The Balaban J connectivity index is 1.89. The van der Waals surface area contributed by atoms with E-state index in [0.29, 0.717) is 19.5 Å². The molecule has 3 aromatic rings. The summed E-state index contributed by atoms with van der Waals surface area (Å²) in [6.45, 7) is 5.05. The molecular formula is C30H36N2O3S. The van der Waals surface area contributed by atoms with Gasteiger partial charge in [0.25, 0.3) is 0 Å². The van der Waals surface area contributed by atoms with E-state index in [0.717, 1.165) is 34.6 Å². The third-order valence-corrected chi connectivity index (χ3v) is 6.97.